The minimum absolute atomic E-state index is 0.0416. The average molecular weight is 413 g/mol. The molecule has 0 saturated carbocycles. The van der Waals surface area contributed by atoms with Crippen molar-refractivity contribution in [2.75, 3.05) is 17.7 Å². The molecule has 0 aliphatic rings. The third kappa shape index (κ3) is 5.36. The Morgan fingerprint density at radius 1 is 1.26 bits per heavy atom. The Hall–Kier alpha value is -2.26. The van der Waals surface area contributed by atoms with Gasteiger partial charge in [0.15, 0.2) is 9.84 Å². The van der Waals surface area contributed by atoms with Crippen LogP contribution in [-0.2, 0) is 19.4 Å². The second-order valence-corrected chi connectivity index (χ2v) is 9.06. The van der Waals surface area contributed by atoms with Gasteiger partial charge in [0.1, 0.15) is 10.7 Å². The number of halogens is 1. The van der Waals surface area contributed by atoms with E-state index in [1.165, 1.54) is 19.1 Å². The molecule has 9 heteroatoms. The lowest BCUT2D eigenvalue weighted by atomic mass is 10.2. The Bertz CT molecular complexity index is 935. The maximum atomic E-state index is 13.0. The molecule has 0 saturated heterocycles. The highest BCUT2D eigenvalue weighted by molar-refractivity contribution is 7.91. The van der Waals surface area contributed by atoms with E-state index in [0.717, 1.165) is 23.5 Å². The molecule has 0 fully saturated rings. The molecule has 1 aromatic carbocycles. The van der Waals surface area contributed by atoms with Gasteiger partial charge in [-0.25, -0.2) is 17.6 Å². The van der Waals surface area contributed by atoms with Crippen LogP contribution in [-0.4, -0.2) is 32.7 Å². The minimum Gasteiger partial charge on any atom is -0.462 e. The van der Waals surface area contributed by atoms with Gasteiger partial charge in [0.2, 0.25) is 5.91 Å². The average Bonchev–Trinajstić information content (AvgIpc) is 2.95. The van der Waals surface area contributed by atoms with E-state index in [2.05, 4.69) is 5.32 Å². The highest BCUT2D eigenvalue weighted by Crippen LogP contribution is 2.28. The Morgan fingerprint density at radius 2 is 1.89 bits per heavy atom. The number of hydrogen-bond acceptors (Lipinski definition) is 6. The van der Waals surface area contributed by atoms with Crippen LogP contribution < -0.4 is 5.32 Å². The second kappa shape index (κ2) is 8.62. The fraction of sp³-hybridized carbons (Fsp3) is 0.333. The molecule has 1 aromatic heterocycles. The van der Waals surface area contributed by atoms with Crippen LogP contribution in [0.3, 0.4) is 0 Å². The summed E-state index contributed by atoms with van der Waals surface area (Å²) in [6, 6.07) is 6.09. The quantitative estimate of drug-likeness (QED) is 0.555. The first-order valence-corrected chi connectivity index (χ1v) is 10.7. The standard InChI is InChI=1S/C18H20FNO5S2/c1-4-25-18(22)16-11(2)9-15(26-16)20-17(21)12(3)10-27(23,24)14-7-5-13(19)6-8-14/h5-9,12H,4,10H2,1-3H3,(H,20,21)/t12-/m1/s1. The van der Waals surface area contributed by atoms with Crippen LogP contribution in [0, 0.1) is 18.7 Å². The van der Waals surface area contributed by atoms with Crippen molar-refractivity contribution < 1.29 is 27.1 Å². The zero-order valence-corrected chi connectivity index (χ0v) is 16.7. The summed E-state index contributed by atoms with van der Waals surface area (Å²) in [6.07, 6.45) is 0. The van der Waals surface area contributed by atoms with Gasteiger partial charge in [0, 0.05) is 5.92 Å². The topological polar surface area (TPSA) is 89.5 Å². The molecular weight excluding hydrogens is 393 g/mol. The van der Waals surface area contributed by atoms with Crippen LogP contribution in [0.15, 0.2) is 35.2 Å². The van der Waals surface area contributed by atoms with Gasteiger partial charge in [0.05, 0.1) is 22.3 Å². The van der Waals surface area contributed by atoms with Gasteiger partial charge in [0.25, 0.3) is 0 Å². The molecule has 6 nitrogen and oxygen atoms in total. The van der Waals surface area contributed by atoms with E-state index in [9.17, 15) is 22.4 Å². The number of ether oxygens (including phenoxy) is 1. The lowest BCUT2D eigenvalue weighted by Crippen LogP contribution is -2.26. The first kappa shape index (κ1) is 21.0. The summed E-state index contributed by atoms with van der Waals surface area (Å²) in [5.74, 6) is -2.75. The van der Waals surface area contributed by atoms with Gasteiger partial charge < -0.3 is 10.1 Å². The van der Waals surface area contributed by atoms with Crippen LogP contribution >= 0.6 is 11.3 Å². The van der Waals surface area contributed by atoms with Crippen molar-refractivity contribution in [3.8, 4) is 0 Å². The van der Waals surface area contributed by atoms with E-state index in [1.54, 1.807) is 19.9 Å². The number of esters is 1. The number of carbonyl (C=O) groups excluding carboxylic acids is 2. The number of carbonyl (C=O) groups is 2. The number of sulfone groups is 1. The van der Waals surface area contributed by atoms with E-state index < -0.39 is 39.2 Å². The summed E-state index contributed by atoms with van der Waals surface area (Å²) in [6.45, 7) is 5.16. The molecule has 1 amide bonds. The summed E-state index contributed by atoms with van der Waals surface area (Å²) in [5.41, 5.74) is 0.667. The summed E-state index contributed by atoms with van der Waals surface area (Å²) in [7, 11) is -3.74. The molecule has 146 valence electrons. The fourth-order valence-electron chi connectivity index (χ4n) is 2.33. The van der Waals surface area contributed by atoms with Crippen LogP contribution in [0.2, 0.25) is 0 Å². The van der Waals surface area contributed by atoms with E-state index >= 15 is 0 Å². The van der Waals surface area contributed by atoms with Gasteiger partial charge in [-0.05, 0) is 49.7 Å². The van der Waals surface area contributed by atoms with Crippen molar-refractivity contribution in [2.24, 2.45) is 5.92 Å². The first-order chi connectivity index (χ1) is 12.6. The lowest BCUT2D eigenvalue weighted by Gasteiger charge is -2.12. The normalized spacial score (nSPS) is 12.4. The molecule has 2 rings (SSSR count). The third-order valence-corrected chi connectivity index (χ3v) is 6.78. The second-order valence-electron chi connectivity index (χ2n) is 5.97. The maximum absolute atomic E-state index is 13.0. The molecule has 0 spiro atoms. The van der Waals surface area contributed by atoms with Crippen LogP contribution in [0.1, 0.15) is 29.1 Å². The predicted molar refractivity (Wildman–Crippen MR) is 101 cm³/mol. The number of benzene rings is 1. The molecule has 1 atom stereocenters. The molecular formula is C18H20FNO5S2. The first-order valence-electron chi connectivity index (χ1n) is 8.20. The van der Waals surface area contributed by atoms with Gasteiger partial charge in [-0.2, -0.15) is 0 Å². The zero-order chi connectivity index (χ0) is 20.2. The van der Waals surface area contributed by atoms with Crippen molar-refractivity contribution >= 4 is 38.1 Å². The predicted octanol–water partition coefficient (Wildman–Crippen LogP) is 3.42. The number of thiophene rings is 1. The van der Waals surface area contributed by atoms with Crippen molar-refractivity contribution in [3.63, 3.8) is 0 Å². The molecule has 0 bridgehead atoms. The Morgan fingerprint density at radius 3 is 2.48 bits per heavy atom. The van der Waals surface area contributed by atoms with Crippen molar-refractivity contribution in [2.45, 2.75) is 25.7 Å². The van der Waals surface area contributed by atoms with Crippen molar-refractivity contribution in [3.05, 3.63) is 46.6 Å². The number of amides is 1. The number of anilines is 1. The summed E-state index contributed by atoms with van der Waals surface area (Å²) in [5, 5.41) is 3.07. The Labute approximate surface area is 161 Å². The zero-order valence-electron chi connectivity index (χ0n) is 15.1. The molecule has 0 radical (unpaired) electrons. The smallest absolute Gasteiger partial charge is 0.348 e. The van der Waals surface area contributed by atoms with Crippen molar-refractivity contribution in [1.29, 1.82) is 0 Å². The van der Waals surface area contributed by atoms with E-state index in [0.29, 0.717) is 15.4 Å². The summed E-state index contributed by atoms with van der Waals surface area (Å²) >= 11 is 1.07. The SMILES string of the molecule is CCOC(=O)c1sc(NC(=O)[C@H](C)CS(=O)(=O)c2ccc(F)cc2)cc1C. The van der Waals surface area contributed by atoms with E-state index in [1.807, 2.05) is 0 Å². The number of nitrogens with one attached hydrogen (secondary N) is 1. The van der Waals surface area contributed by atoms with Gasteiger partial charge in [-0.1, -0.05) is 6.92 Å². The highest BCUT2D eigenvalue weighted by atomic mass is 32.2. The molecule has 2 aromatic rings. The number of rotatable bonds is 7. The van der Waals surface area contributed by atoms with Gasteiger partial charge in [-0.15, -0.1) is 11.3 Å². The Kier molecular flexibility index (Phi) is 6.72. The van der Waals surface area contributed by atoms with Gasteiger partial charge >= 0.3 is 5.97 Å². The van der Waals surface area contributed by atoms with Gasteiger partial charge in [-0.3, -0.25) is 4.79 Å². The van der Waals surface area contributed by atoms with E-state index in [4.69, 9.17) is 4.74 Å². The summed E-state index contributed by atoms with van der Waals surface area (Å²) in [4.78, 5) is 24.5. The number of hydrogen-bond donors (Lipinski definition) is 1. The minimum atomic E-state index is -3.74. The maximum Gasteiger partial charge on any atom is 0.348 e. The third-order valence-electron chi connectivity index (χ3n) is 3.71. The highest BCUT2D eigenvalue weighted by Gasteiger charge is 2.24. The number of aryl methyl sites for hydroxylation is 1. The molecule has 0 unspecified atom stereocenters. The Balaban J connectivity index is 2.06. The molecule has 0 aliphatic heterocycles. The molecule has 1 N–H and O–H groups in total. The lowest BCUT2D eigenvalue weighted by molar-refractivity contribution is -0.118. The van der Waals surface area contributed by atoms with Crippen LogP contribution in [0.4, 0.5) is 9.39 Å². The molecule has 27 heavy (non-hydrogen) atoms. The molecule has 0 aliphatic carbocycles. The largest absolute Gasteiger partial charge is 0.462 e. The van der Waals surface area contributed by atoms with Crippen LogP contribution in [0.5, 0.6) is 0 Å². The van der Waals surface area contributed by atoms with Crippen LogP contribution in [0.25, 0.3) is 0 Å². The fourth-order valence-corrected chi connectivity index (χ4v) is 4.85. The summed E-state index contributed by atoms with van der Waals surface area (Å²) < 4.78 is 42.6. The molecule has 1 heterocycles. The van der Waals surface area contributed by atoms with E-state index in [-0.39, 0.29) is 11.5 Å². The monoisotopic (exact) mass is 413 g/mol. The van der Waals surface area contributed by atoms with Crippen molar-refractivity contribution in [1.82, 2.24) is 0 Å².